The smallest absolute Gasteiger partial charge is 0.208 e. The normalized spacial score (nSPS) is 10.0. The van der Waals surface area contributed by atoms with Gasteiger partial charge in [0.2, 0.25) is 6.19 Å². The van der Waals surface area contributed by atoms with Crippen molar-refractivity contribution in [2.45, 2.75) is 0 Å². The highest BCUT2D eigenvalue weighted by Gasteiger charge is 2.02. The van der Waals surface area contributed by atoms with Crippen molar-refractivity contribution in [3.05, 3.63) is 0 Å². The van der Waals surface area contributed by atoms with Crippen molar-refractivity contribution >= 4 is 16.9 Å². The summed E-state index contributed by atoms with van der Waals surface area (Å²) < 4.78 is 0. The van der Waals surface area contributed by atoms with E-state index in [2.05, 4.69) is 4.99 Å². The Morgan fingerprint density at radius 1 is 1.64 bits per heavy atom. The van der Waals surface area contributed by atoms with Gasteiger partial charge in [-0.15, -0.1) is 4.99 Å². The van der Waals surface area contributed by atoms with E-state index in [4.69, 9.17) is 10.5 Å². The molecule has 11 heavy (non-hydrogen) atoms. The van der Waals surface area contributed by atoms with Crippen molar-refractivity contribution in [3.8, 4) is 12.3 Å². The lowest BCUT2D eigenvalue weighted by molar-refractivity contribution is 0.582. The number of nitriles is 2. The minimum Gasteiger partial charge on any atom is -0.340 e. The molecule has 0 aliphatic rings. The zero-order chi connectivity index (χ0) is 8.69. The summed E-state index contributed by atoms with van der Waals surface area (Å²) >= 11 is 1.34. The average molecular weight is 168 g/mol. The Bertz CT molecular complexity index is 222. The summed E-state index contributed by atoms with van der Waals surface area (Å²) in [5.74, 6) is 0. The minimum atomic E-state index is 0.251. The molecule has 0 aromatic rings. The van der Waals surface area contributed by atoms with Crippen LogP contribution in [0, 0.1) is 22.8 Å². The largest absolute Gasteiger partial charge is 0.340 e. The number of aliphatic imine (C=N–C) groups is 1. The summed E-state index contributed by atoms with van der Waals surface area (Å²) in [4.78, 5) is 5.14. The number of nitrogens with zero attached hydrogens (tertiary/aromatic N) is 4. The van der Waals surface area contributed by atoms with Crippen LogP contribution in [0.3, 0.4) is 0 Å². The second-order valence-corrected chi connectivity index (χ2v) is 2.49. The van der Waals surface area contributed by atoms with Crippen LogP contribution in [-0.2, 0) is 0 Å². The predicted octanol–water partition coefficient (Wildman–Crippen LogP) is 0.642. The van der Waals surface area contributed by atoms with E-state index in [1.165, 1.54) is 11.8 Å². The van der Waals surface area contributed by atoms with E-state index in [0.29, 0.717) is 5.17 Å². The highest BCUT2D eigenvalue weighted by molar-refractivity contribution is 8.13. The number of hydrogen-bond acceptors (Lipinski definition) is 4. The van der Waals surface area contributed by atoms with Crippen molar-refractivity contribution in [1.29, 1.82) is 10.5 Å². The van der Waals surface area contributed by atoms with Gasteiger partial charge in [0.15, 0.2) is 5.17 Å². The van der Waals surface area contributed by atoms with Crippen LogP contribution >= 0.6 is 11.8 Å². The number of amidine groups is 1. The Kier molecular flexibility index (Phi) is 4.97. The van der Waals surface area contributed by atoms with E-state index in [1.54, 1.807) is 18.1 Å². The molecule has 0 aliphatic carbocycles. The Balaban J connectivity index is 4.19. The van der Waals surface area contributed by atoms with Gasteiger partial charge in [-0.2, -0.15) is 10.5 Å². The maximum absolute atomic E-state index is 8.31. The molecule has 58 valence electrons. The van der Waals surface area contributed by atoms with E-state index in [1.807, 2.05) is 12.3 Å². The number of rotatable bonds is 1. The molecule has 0 fully saturated rings. The molecule has 0 bridgehead atoms. The molecule has 0 N–H and O–H groups in total. The summed E-state index contributed by atoms with van der Waals surface area (Å²) in [6, 6.07) is 1.96. The SMILES string of the molecule is CSC(=NC#N)N(C)CC#N. The van der Waals surface area contributed by atoms with Crippen molar-refractivity contribution in [2.75, 3.05) is 19.8 Å². The maximum Gasteiger partial charge on any atom is 0.208 e. The summed E-state index contributed by atoms with van der Waals surface area (Å²) in [6.07, 6.45) is 3.48. The first-order chi connectivity index (χ1) is 5.26. The van der Waals surface area contributed by atoms with E-state index in [-0.39, 0.29) is 6.54 Å². The van der Waals surface area contributed by atoms with Crippen molar-refractivity contribution in [3.63, 3.8) is 0 Å². The predicted molar refractivity (Wildman–Crippen MR) is 44.8 cm³/mol. The molecule has 0 aromatic heterocycles. The van der Waals surface area contributed by atoms with Crippen LogP contribution in [-0.4, -0.2) is 29.9 Å². The van der Waals surface area contributed by atoms with Crippen molar-refractivity contribution < 1.29 is 0 Å². The highest BCUT2D eigenvalue weighted by Crippen LogP contribution is 2.01. The second kappa shape index (κ2) is 5.57. The molecule has 0 spiro atoms. The van der Waals surface area contributed by atoms with Crippen molar-refractivity contribution in [1.82, 2.24) is 4.90 Å². The van der Waals surface area contributed by atoms with Crippen LogP contribution in [0.4, 0.5) is 0 Å². The molecule has 0 heterocycles. The van der Waals surface area contributed by atoms with Gasteiger partial charge < -0.3 is 4.90 Å². The zero-order valence-electron chi connectivity index (χ0n) is 6.40. The van der Waals surface area contributed by atoms with Crippen LogP contribution in [0.15, 0.2) is 4.99 Å². The topological polar surface area (TPSA) is 63.2 Å². The van der Waals surface area contributed by atoms with Crippen LogP contribution in [0.1, 0.15) is 0 Å². The molecule has 0 radical (unpaired) electrons. The molecule has 0 rings (SSSR count). The first-order valence-electron chi connectivity index (χ1n) is 2.85. The third-order valence-corrected chi connectivity index (χ3v) is 1.73. The monoisotopic (exact) mass is 168 g/mol. The number of hydrogen-bond donors (Lipinski definition) is 0. The number of thioether (sulfide) groups is 1. The van der Waals surface area contributed by atoms with Gasteiger partial charge in [-0.3, -0.25) is 0 Å². The molecule has 5 heteroatoms. The van der Waals surface area contributed by atoms with Gasteiger partial charge in [0.1, 0.15) is 6.54 Å². The van der Waals surface area contributed by atoms with E-state index in [0.717, 1.165) is 0 Å². The fraction of sp³-hybridized carbons (Fsp3) is 0.500. The summed E-state index contributed by atoms with van der Waals surface area (Å²) in [7, 11) is 1.72. The molecule has 0 aromatic carbocycles. The lowest BCUT2D eigenvalue weighted by Crippen LogP contribution is -2.23. The molecule has 4 nitrogen and oxygen atoms in total. The standard InChI is InChI=1S/C6H8N4S/c1-10(4-3-7)6(11-2)9-5-8/h4H2,1-2H3. The fourth-order valence-corrected chi connectivity index (χ4v) is 1.01. The Hall–Kier alpha value is -1.20. The summed E-state index contributed by atoms with van der Waals surface area (Å²) in [5.41, 5.74) is 0. The average Bonchev–Trinajstić information content (AvgIpc) is 2.00. The Morgan fingerprint density at radius 3 is 2.64 bits per heavy atom. The molecule has 0 amide bonds. The van der Waals surface area contributed by atoms with Crippen molar-refractivity contribution in [2.24, 2.45) is 4.99 Å². The van der Waals surface area contributed by atoms with Gasteiger partial charge in [0, 0.05) is 7.05 Å². The van der Waals surface area contributed by atoms with Gasteiger partial charge >= 0.3 is 0 Å². The lowest BCUT2D eigenvalue weighted by atomic mass is 10.6. The van der Waals surface area contributed by atoms with Gasteiger partial charge in [-0.05, 0) is 6.26 Å². The van der Waals surface area contributed by atoms with Crippen LogP contribution in [0.25, 0.3) is 0 Å². The first kappa shape index (κ1) is 9.80. The van der Waals surface area contributed by atoms with E-state index < -0.39 is 0 Å². The molecule has 0 atom stereocenters. The molecule has 0 saturated carbocycles. The summed E-state index contributed by atoms with van der Waals surface area (Å²) in [5, 5.41) is 17.1. The molecular weight excluding hydrogens is 160 g/mol. The van der Waals surface area contributed by atoms with Crippen LogP contribution in [0.5, 0.6) is 0 Å². The van der Waals surface area contributed by atoms with Gasteiger partial charge in [-0.1, -0.05) is 11.8 Å². The maximum atomic E-state index is 8.31. The van der Waals surface area contributed by atoms with Gasteiger partial charge in [-0.25, -0.2) is 0 Å². The lowest BCUT2D eigenvalue weighted by Gasteiger charge is -2.13. The molecule has 0 aliphatic heterocycles. The molecule has 0 saturated heterocycles. The fourth-order valence-electron chi connectivity index (χ4n) is 0.503. The van der Waals surface area contributed by atoms with E-state index in [9.17, 15) is 0 Å². The molecule has 0 unspecified atom stereocenters. The van der Waals surface area contributed by atoms with Crippen LogP contribution < -0.4 is 0 Å². The molecular formula is C6H8N4S. The van der Waals surface area contributed by atoms with E-state index >= 15 is 0 Å². The quantitative estimate of drug-likeness (QED) is 0.249. The first-order valence-corrected chi connectivity index (χ1v) is 4.07. The Labute approximate surface area is 70.1 Å². The minimum absolute atomic E-state index is 0.251. The zero-order valence-corrected chi connectivity index (χ0v) is 7.22. The third-order valence-electron chi connectivity index (χ3n) is 0.963. The Morgan fingerprint density at radius 2 is 2.27 bits per heavy atom. The van der Waals surface area contributed by atoms with Crippen LogP contribution in [0.2, 0.25) is 0 Å². The third kappa shape index (κ3) is 3.49. The highest BCUT2D eigenvalue weighted by atomic mass is 32.2. The second-order valence-electron chi connectivity index (χ2n) is 1.71. The van der Waals surface area contributed by atoms with Gasteiger partial charge in [0.25, 0.3) is 0 Å². The van der Waals surface area contributed by atoms with Gasteiger partial charge in [0.05, 0.1) is 6.07 Å². The summed E-state index contributed by atoms with van der Waals surface area (Å²) in [6.45, 7) is 0.251.